The average molecular weight is 322 g/mol. The van der Waals surface area contributed by atoms with E-state index in [-0.39, 0.29) is 23.7 Å². The van der Waals surface area contributed by atoms with Gasteiger partial charge in [-0.15, -0.1) is 10.2 Å². The van der Waals surface area contributed by atoms with Crippen LogP contribution < -0.4 is 5.32 Å². The molecule has 2 rings (SSSR count). The quantitative estimate of drug-likeness (QED) is 0.922. The predicted octanol–water partition coefficient (Wildman–Crippen LogP) is 2.09. The second kappa shape index (κ2) is 6.25. The fourth-order valence-electron chi connectivity index (χ4n) is 2.31. The van der Waals surface area contributed by atoms with Crippen molar-refractivity contribution in [3.63, 3.8) is 0 Å². The SMILES string of the molecule is CC(C)c1nnc2n1C[C@H](NC(=O)CSC(F)(F)F)CC2. The molecule has 118 valence electrons. The molecule has 0 aromatic carbocycles. The molecule has 21 heavy (non-hydrogen) atoms. The van der Waals surface area contributed by atoms with Crippen LogP contribution in [-0.2, 0) is 17.8 Å². The van der Waals surface area contributed by atoms with E-state index >= 15 is 0 Å². The van der Waals surface area contributed by atoms with Crippen LogP contribution in [0.5, 0.6) is 0 Å². The van der Waals surface area contributed by atoms with Crippen molar-refractivity contribution in [1.29, 1.82) is 0 Å². The molecule has 0 unspecified atom stereocenters. The summed E-state index contributed by atoms with van der Waals surface area (Å²) in [4.78, 5) is 11.6. The van der Waals surface area contributed by atoms with Gasteiger partial charge >= 0.3 is 5.51 Å². The molecule has 1 aliphatic heterocycles. The normalized spacial score (nSPS) is 18.7. The van der Waals surface area contributed by atoms with E-state index in [9.17, 15) is 18.0 Å². The molecule has 1 aromatic heterocycles. The summed E-state index contributed by atoms with van der Waals surface area (Å²) in [5.41, 5.74) is -4.38. The van der Waals surface area contributed by atoms with Gasteiger partial charge in [-0.1, -0.05) is 13.8 Å². The number of aryl methyl sites for hydroxylation is 1. The first-order chi connectivity index (χ1) is 9.76. The highest BCUT2D eigenvalue weighted by molar-refractivity contribution is 8.00. The molecule has 1 N–H and O–H groups in total. The number of hydrogen-bond acceptors (Lipinski definition) is 4. The summed E-state index contributed by atoms with van der Waals surface area (Å²) in [6.45, 7) is 4.51. The predicted molar refractivity (Wildman–Crippen MR) is 72.9 cm³/mol. The Bertz CT molecular complexity index is 515. The minimum atomic E-state index is -4.38. The van der Waals surface area contributed by atoms with Gasteiger partial charge in [-0.05, 0) is 18.2 Å². The second-order valence-electron chi connectivity index (χ2n) is 5.28. The molecule has 5 nitrogen and oxygen atoms in total. The van der Waals surface area contributed by atoms with Crippen molar-refractivity contribution in [2.75, 3.05) is 5.75 Å². The summed E-state index contributed by atoms with van der Waals surface area (Å²) in [6.07, 6.45) is 1.33. The maximum atomic E-state index is 12.1. The van der Waals surface area contributed by atoms with Gasteiger partial charge in [0.05, 0.1) is 5.75 Å². The highest BCUT2D eigenvalue weighted by Gasteiger charge is 2.30. The van der Waals surface area contributed by atoms with E-state index in [1.54, 1.807) is 0 Å². The van der Waals surface area contributed by atoms with Crippen LogP contribution in [0.2, 0.25) is 0 Å². The van der Waals surface area contributed by atoms with E-state index in [0.717, 1.165) is 11.6 Å². The van der Waals surface area contributed by atoms with Gasteiger partial charge in [0.1, 0.15) is 11.6 Å². The van der Waals surface area contributed by atoms with E-state index in [0.29, 0.717) is 19.4 Å². The number of alkyl halides is 3. The van der Waals surface area contributed by atoms with E-state index in [1.165, 1.54) is 0 Å². The molecule has 0 saturated carbocycles. The third-order valence-electron chi connectivity index (χ3n) is 3.22. The van der Waals surface area contributed by atoms with Gasteiger partial charge in [0.15, 0.2) is 0 Å². The van der Waals surface area contributed by atoms with Crippen molar-refractivity contribution in [2.24, 2.45) is 0 Å². The average Bonchev–Trinajstić information content (AvgIpc) is 2.78. The molecule has 0 saturated heterocycles. The van der Waals surface area contributed by atoms with E-state index in [1.807, 2.05) is 18.4 Å². The maximum Gasteiger partial charge on any atom is 0.442 e. The largest absolute Gasteiger partial charge is 0.442 e. The molecular formula is C12H17F3N4OS. The van der Waals surface area contributed by atoms with Crippen LogP contribution in [-0.4, -0.2) is 38.0 Å². The molecule has 0 radical (unpaired) electrons. The van der Waals surface area contributed by atoms with Crippen molar-refractivity contribution in [1.82, 2.24) is 20.1 Å². The van der Waals surface area contributed by atoms with Gasteiger partial charge in [-0.3, -0.25) is 4.79 Å². The van der Waals surface area contributed by atoms with Crippen LogP contribution in [0.25, 0.3) is 0 Å². The van der Waals surface area contributed by atoms with Crippen molar-refractivity contribution in [3.8, 4) is 0 Å². The third-order valence-corrected chi connectivity index (χ3v) is 3.96. The summed E-state index contributed by atoms with van der Waals surface area (Å²) >= 11 is -0.318. The molecule has 1 atom stereocenters. The number of thioether (sulfide) groups is 1. The molecule has 1 aromatic rings. The number of carbonyl (C=O) groups excluding carboxylic acids is 1. The molecular weight excluding hydrogens is 305 g/mol. The summed E-state index contributed by atoms with van der Waals surface area (Å²) in [6, 6.07) is -0.174. The van der Waals surface area contributed by atoms with Crippen LogP contribution in [0.1, 0.15) is 37.8 Å². The van der Waals surface area contributed by atoms with Gasteiger partial charge in [-0.25, -0.2) is 0 Å². The Morgan fingerprint density at radius 2 is 2.19 bits per heavy atom. The van der Waals surface area contributed by atoms with Crippen LogP contribution >= 0.6 is 11.8 Å². The third kappa shape index (κ3) is 4.36. The van der Waals surface area contributed by atoms with Crippen molar-refractivity contribution >= 4 is 17.7 Å². The van der Waals surface area contributed by atoms with E-state index in [4.69, 9.17) is 0 Å². The Balaban J connectivity index is 1.92. The van der Waals surface area contributed by atoms with Crippen LogP contribution in [0.3, 0.4) is 0 Å². The molecule has 0 spiro atoms. The number of amides is 1. The lowest BCUT2D eigenvalue weighted by molar-refractivity contribution is -0.119. The Kier molecular flexibility index (Phi) is 4.80. The van der Waals surface area contributed by atoms with Crippen LogP contribution in [0.4, 0.5) is 13.2 Å². The maximum absolute atomic E-state index is 12.1. The minimum Gasteiger partial charge on any atom is -0.351 e. The van der Waals surface area contributed by atoms with Crippen molar-refractivity contribution < 1.29 is 18.0 Å². The summed E-state index contributed by atoms with van der Waals surface area (Å²) < 4.78 is 38.1. The van der Waals surface area contributed by atoms with Gasteiger partial charge < -0.3 is 9.88 Å². The van der Waals surface area contributed by atoms with Gasteiger partial charge in [0.25, 0.3) is 0 Å². The Labute approximate surface area is 124 Å². The molecule has 0 aliphatic carbocycles. The van der Waals surface area contributed by atoms with Crippen LogP contribution in [0, 0.1) is 0 Å². The van der Waals surface area contributed by atoms with Crippen molar-refractivity contribution in [2.45, 2.75) is 50.7 Å². The molecule has 0 fully saturated rings. The zero-order valence-electron chi connectivity index (χ0n) is 11.8. The van der Waals surface area contributed by atoms with Gasteiger partial charge in [0.2, 0.25) is 5.91 Å². The van der Waals surface area contributed by atoms with Crippen molar-refractivity contribution in [3.05, 3.63) is 11.6 Å². The van der Waals surface area contributed by atoms with Gasteiger partial charge in [0, 0.05) is 24.9 Å². The van der Waals surface area contributed by atoms with Gasteiger partial charge in [-0.2, -0.15) is 13.2 Å². The highest BCUT2D eigenvalue weighted by atomic mass is 32.2. The number of hydrogen-bond donors (Lipinski definition) is 1. The molecule has 1 amide bonds. The number of nitrogens with one attached hydrogen (secondary N) is 1. The lowest BCUT2D eigenvalue weighted by atomic mass is 10.1. The standard InChI is InChI=1S/C12H17F3N4OS/c1-7(2)11-18-17-9-4-3-8(5-19(9)11)16-10(20)6-21-12(13,14)15/h7-8H,3-6H2,1-2H3,(H,16,20)/t8-/m1/s1. The smallest absolute Gasteiger partial charge is 0.351 e. The monoisotopic (exact) mass is 322 g/mol. The lowest BCUT2D eigenvalue weighted by Crippen LogP contribution is -2.42. The summed E-state index contributed by atoms with van der Waals surface area (Å²) in [5, 5.41) is 10.9. The first-order valence-electron chi connectivity index (χ1n) is 6.68. The van der Waals surface area contributed by atoms with Crippen LogP contribution in [0.15, 0.2) is 0 Å². The number of carbonyl (C=O) groups is 1. The number of halogens is 3. The fourth-order valence-corrected chi connectivity index (χ4v) is 2.69. The number of fused-ring (bicyclic) bond motifs is 1. The Morgan fingerprint density at radius 1 is 1.48 bits per heavy atom. The molecule has 2 heterocycles. The van der Waals surface area contributed by atoms with E-state index < -0.39 is 17.2 Å². The lowest BCUT2D eigenvalue weighted by Gasteiger charge is -2.26. The second-order valence-corrected chi connectivity index (χ2v) is 6.32. The minimum absolute atomic E-state index is 0.174. The number of rotatable bonds is 4. The summed E-state index contributed by atoms with van der Waals surface area (Å²) in [5.74, 6) is 0.723. The zero-order chi connectivity index (χ0) is 15.6. The molecule has 0 bridgehead atoms. The molecule has 1 aliphatic rings. The first-order valence-corrected chi connectivity index (χ1v) is 7.67. The Morgan fingerprint density at radius 3 is 2.81 bits per heavy atom. The number of aromatic nitrogens is 3. The number of nitrogens with zero attached hydrogens (tertiary/aromatic N) is 3. The molecule has 9 heteroatoms. The zero-order valence-corrected chi connectivity index (χ0v) is 12.6. The first kappa shape index (κ1) is 16.1. The fraction of sp³-hybridized carbons (Fsp3) is 0.750. The summed E-state index contributed by atoms with van der Waals surface area (Å²) in [7, 11) is 0. The topological polar surface area (TPSA) is 59.8 Å². The Hall–Kier alpha value is -1.25. The van der Waals surface area contributed by atoms with E-state index in [2.05, 4.69) is 15.5 Å². The highest BCUT2D eigenvalue weighted by Crippen LogP contribution is 2.29.